The molecular weight excluding hydrogens is 440 g/mol. The van der Waals surface area contributed by atoms with Crippen LogP contribution in [0.25, 0.3) is 0 Å². The number of rotatable bonds is 7. The summed E-state index contributed by atoms with van der Waals surface area (Å²) < 4.78 is 11.8. The summed E-state index contributed by atoms with van der Waals surface area (Å²) in [6.07, 6.45) is 6.69. The topological polar surface area (TPSA) is 84.7 Å². The van der Waals surface area contributed by atoms with E-state index in [-0.39, 0.29) is 18.0 Å². The number of esters is 1. The summed E-state index contributed by atoms with van der Waals surface area (Å²) in [5, 5.41) is 8.62. The van der Waals surface area contributed by atoms with Crippen molar-refractivity contribution in [3.05, 3.63) is 34.7 Å². The number of nitrogens with zero attached hydrogens (tertiary/aromatic N) is 3. The monoisotopic (exact) mass is 473 g/mol. The third kappa shape index (κ3) is 4.46. The van der Waals surface area contributed by atoms with Crippen LogP contribution in [-0.2, 0) is 19.9 Å². The van der Waals surface area contributed by atoms with E-state index >= 15 is 0 Å². The van der Waals surface area contributed by atoms with Crippen LogP contribution >= 0.6 is 11.3 Å². The Kier molecular flexibility index (Phi) is 6.28. The number of quaternary nitrogens is 1. The van der Waals surface area contributed by atoms with Crippen LogP contribution in [0.1, 0.15) is 43.9 Å². The summed E-state index contributed by atoms with van der Waals surface area (Å²) in [4.78, 5) is 29.8. The van der Waals surface area contributed by atoms with E-state index in [1.54, 1.807) is 17.4 Å². The SMILES string of the molecule is CC(C(=O)O[C@H]1C[N+]2(CC(=O)Nc3ccon3)CCC1CC2)(c1cccs1)N1CCCCC1. The molecule has 0 aromatic carbocycles. The number of nitrogens with one attached hydrogen (secondary N) is 1. The van der Waals surface area contributed by atoms with Gasteiger partial charge in [0, 0.05) is 29.7 Å². The van der Waals surface area contributed by atoms with Gasteiger partial charge < -0.3 is 19.1 Å². The molecule has 2 aromatic rings. The molecule has 0 spiro atoms. The lowest BCUT2D eigenvalue weighted by Gasteiger charge is -2.52. The molecule has 33 heavy (non-hydrogen) atoms. The van der Waals surface area contributed by atoms with E-state index in [0.717, 1.165) is 56.7 Å². The van der Waals surface area contributed by atoms with Crippen LogP contribution in [0.2, 0.25) is 0 Å². The third-order valence-corrected chi connectivity index (χ3v) is 8.95. The minimum Gasteiger partial charge on any atom is -0.454 e. The van der Waals surface area contributed by atoms with Crippen molar-refractivity contribution in [1.82, 2.24) is 10.1 Å². The van der Waals surface area contributed by atoms with E-state index < -0.39 is 5.54 Å². The van der Waals surface area contributed by atoms with Gasteiger partial charge in [-0.15, -0.1) is 11.3 Å². The largest absolute Gasteiger partial charge is 0.454 e. The Labute approximate surface area is 198 Å². The zero-order chi connectivity index (χ0) is 22.9. The molecule has 0 radical (unpaired) electrons. The van der Waals surface area contributed by atoms with Crippen molar-refractivity contribution in [1.29, 1.82) is 0 Å². The van der Waals surface area contributed by atoms with E-state index in [1.807, 2.05) is 18.4 Å². The molecule has 4 fully saturated rings. The molecule has 2 atom stereocenters. The van der Waals surface area contributed by atoms with E-state index in [0.29, 0.717) is 29.3 Å². The van der Waals surface area contributed by atoms with Gasteiger partial charge in [-0.25, -0.2) is 4.79 Å². The van der Waals surface area contributed by atoms with Gasteiger partial charge in [0.2, 0.25) is 0 Å². The number of amides is 1. The summed E-state index contributed by atoms with van der Waals surface area (Å²) in [7, 11) is 0. The molecule has 4 saturated heterocycles. The van der Waals surface area contributed by atoms with Crippen molar-refractivity contribution in [2.24, 2.45) is 5.92 Å². The first-order chi connectivity index (χ1) is 16.0. The van der Waals surface area contributed by atoms with E-state index in [9.17, 15) is 9.59 Å². The average Bonchev–Trinajstić information content (AvgIpc) is 3.54. The maximum Gasteiger partial charge on any atom is 0.332 e. The molecule has 1 amide bonds. The molecule has 0 aliphatic carbocycles. The van der Waals surface area contributed by atoms with Gasteiger partial charge in [-0.05, 0) is 44.3 Å². The van der Waals surface area contributed by atoms with Crippen molar-refractivity contribution < 1.29 is 23.3 Å². The van der Waals surface area contributed by atoms with Crippen LogP contribution in [0.4, 0.5) is 5.82 Å². The van der Waals surface area contributed by atoms with Crippen molar-refractivity contribution in [3.63, 3.8) is 0 Å². The van der Waals surface area contributed by atoms with Crippen LogP contribution in [0, 0.1) is 5.92 Å². The molecule has 6 rings (SSSR count). The Bertz CT molecular complexity index is 949. The molecule has 4 aliphatic rings. The Morgan fingerprint density at radius 3 is 2.73 bits per heavy atom. The molecule has 2 bridgehead atoms. The van der Waals surface area contributed by atoms with E-state index in [4.69, 9.17) is 9.26 Å². The summed E-state index contributed by atoms with van der Waals surface area (Å²) in [6, 6.07) is 5.70. The standard InChI is InChI=1S/C24H32N4O4S/c1-24(20-6-5-15-33-20,27-10-3-2-4-11-27)23(30)32-19-16-28(12-7-18(19)8-13-28)17-22(29)25-21-9-14-31-26-21/h5-6,9,14-15,18-19H,2-4,7-8,10-13,16-17H2,1H3/p+1/t18?,19-,24?,28?/m0/s1. The molecule has 9 heteroatoms. The van der Waals surface area contributed by atoms with Gasteiger partial charge in [0.1, 0.15) is 12.8 Å². The number of hydrogen-bond donors (Lipinski definition) is 1. The lowest BCUT2D eigenvalue weighted by molar-refractivity contribution is -0.939. The minimum absolute atomic E-state index is 0.0777. The second-order valence-electron chi connectivity index (χ2n) is 9.94. The highest BCUT2D eigenvalue weighted by Gasteiger charge is 2.51. The van der Waals surface area contributed by atoms with Crippen LogP contribution in [-0.4, -0.2) is 71.8 Å². The van der Waals surface area contributed by atoms with Crippen molar-refractivity contribution in [3.8, 4) is 0 Å². The zero-order valence-corrected chi connectivity index (χ0v) is 20.0. The fraction of sp³-hybridized carbons (Fsp3) is 0.625. The second kappa shape index (κ2) is 9.19. The Morgan fingerprint density at radius 1 is 1.27 bits per heavy atom. The van der Waals surface area contributed by atoms with E-state index in [2.05, 4.69) is 21.4 Å². The van der Waals surface area contributed by atoms with Gasteiger partial charge in [-0.3, -0.25) is 9.69 Å². The van der Waals surface area contributed by atoms with Gasteiger partial charge in [-0.1, -0.05) is 17.6 Å². The Morgan fingerprint density at radius 2 is 2.06 bits per heavy atom. The van der Waals surface area contributed by atoms with Crippen LogP contribution in [0.3, 0.4) is 0 Å². The lowest BCUT2D eigenvalue weighted by Crippen LogP contribution is -2.66. The number of aromatic nitrogens is 1. The van der Waals surface area contributed by atoms with Gasteiger partial charge in [-0.2, -0.15) is 0 Å². The molecule has 178 valence electrons. The van der Waals surface area contributed by atoms with Crippen LogP contribution in [0.5, 0.6) is 0 Å². The highest BCUT2D eigenvalue weighted by molar-refractivity contribution is 7.10. The number of carbonyl (C=O) groups excluding carboxylic acids is 2. The fourth-order valence-electron chi connectivity index (χ4n) is 5.88. The Balaban J connectivity index is 1.29. The third-order valence-electron chi connectivity index (χ3n) is 7.87. The molecule has 2 aromatic heterocycles. The molecule has 6 heterocycles. The normalized spacial score (nSPS) is 29.4. The van der Waals surface area contributed by atoms with Crippen LogP contribution < -0.4 is 5.32 Å². The predicted molar refractivity (Wildman–Crippen MR) is 125 cm³/mol. The molecule has 1 unspecified atom stereocenters. The molecule has 8 nitrogen and oxygen atoms in total. The maximum absolute atomic E-state index is 13.8. The minimum atomic E-state index is -0.754. The number of thiophene rings is 1. The van der Waals surface area contributed by atoms with Crippen LogP contribution in [0.15, 0.2) is 34.4 Å². The lowest BCUT2D eigenvalue weighted by atomic mass is 9.83. The number of ether oxygens (including phenoxy) is 1. The van der Waals surface area contributed by atoms with E-state index in [1.165, 1.54) is 12.7 Å². The number of piperidine rings is 4. The first-order valence-electron chi connectivity index (χ1n) is 12.0. The molecule has 1 N–H and O–H groups in total. The molecular formula is C24H33N4O4S+. The van der Waals surface area contributed by atoms with Gasteiger partial charge in [0.05, 0.1) is 13.1 Å². The molecule has 0 saturated carbocycles. The van der Waals surface area contributed by atoms with Gasteiger partial charge in [0.25, 0.3) is 5.91 Å². The highest BCUT2D eigenvalue weighted by Crippen LogP contribution is 2.39. The zero-order valence-electron chi connectivity index (χ0n) is 19.2. The Hall–Kier alpha value is -2.23. The first kappa shape index (κ1) is 22.6. The van der Waals surface area contributed by atoms with Gasteiger partial charge in [0.15, 0.2) is 24.0 Å². The van der Waals surface area contributed by atoms with Crippen molar-refractivity contribution in [2.75, 3.05) is 44.6 Å². The summed E-state index contributed by atoms with van der Waals surface area (Å²) in [5.74, 6) is 0.588. The van der Waals surface area contributed by atoms with Gasteiger partial charge >= 0.3 is 5.97 Å². The number of carbonyl (C=O) groups is 2. The quantitative estimate of drug-likeness (QED) is 0.491. The predicted octanol–water partition coefficient (Wildman–Crippen LogP) is 3.23. The number of fused-ring (bicyclic) bond motifs is 3. The number of anilines is 1. The second-order valence-corrected chi connectivity index (χ2v) is 10.9. The average molecular weight is 474 g/mol. The number of hydrogen-bond acceptors (Lipinski definition) is 7. The fourth-order valence-corrected chi connectivity index (χ4v) is 6.78. The molecule has 4 aliphatic heterocycles. The first-order valence-corrected chi connectivity index (χ1v) is 12.9. The number of likely N-dealkylation sites (tertiary alicyclic amines) is 1. The summed E-state index contributed by atoms with van der Waals surface area (Å²) >= 11 is 1.63. The summed E-state index contributed by atoms with van der Waals surface area (Å²) in [6.45, 7) is 6.81. The van der Waals surface area contributed by atoms with Crippen molar-refractivity contribution >= 4 is 29.0 Å². The maximum atomic E-state index is 13.8. The summed E-state index contributed by atoms with van der Waals surface area (Å²) in [5.41, 5.74) is -0.754. The highest BCUT2D eigenvalue weighted by atomic mass is 32.1. The van der Waals surface area contributed by atoms with Crippen molar-refractivity contribution in [2.45, 2.75) is 50.7 Å². The smallest absolute Gasteiger partial charge is 0.332 e.